The summed E-state index contributed by atoms with van der Waals surface area (Å²) in [6.45, 7) is 8.07. The molecule has 9 heteroatoms. The zero-order valence-electron chi connectivity index (χ0n) is 17.3. The molecule has 2 aromatic heterocycles. The van der Waals surface area contributed by atoms with Crippen molar-refractivity contribution in [3.8, 4) is 5.88 Å². The molecule has 0 saturated carbocycles. The summed E-state index contributed by atoms with van der Waals surface area (Å²) in [4.78, 5) is 22.2. The number of nitrogens with zero attached hydrogens (tertiary/aromatic N) is 3. The van der Waals surface area contributed by atoms with Gasteiger partial charge < -0.3 is 25.3 Å². The van der Waals surface area contributed by atoms with Gasteiger partial charge in [-0.2, -0.15) is 0 Å². The van der Waals surface area contributed by atoms with Crippen molar-refractivity contribution in [1.29, 1.82) is 0 Å². The third-order valence-electron chi connectivity index (χ3n) is 5.89. The zero-order chi connectivity index (χ0) is 21.3. The molecule has 0 radical (unpaired) electrons. The number of pyridine rings is 1. The molecule has 2 atom stereocenters. The number of rotatable bonds is 6. The number of nitrogens with one attached hydrogen (secondary N) is 2. The molecule has 1 amide bonds. The van der Waals surface area contributed by atoms with E-state index in [1.807, 2.05) is 19.9 Å². The Kier molecular flexibility index (Phi) is 6.12. The summed E-state index contributed by atoms with van der Waals surface area (Å²) in [5.41, 5.74) is 2.01. The number of carbonyl (C=O) groups is 1. The molecule has 0 aliphatic carbocycles. The summed E-state index contributed by atoms with van der Waals surface area (Å²) in [6.07, 6.45) is 1.62. The van der Waals surface area contributed by atoms with Crippen LogP contribution >= 0.6 is 11.3 Å². The highest BCUT2D eigenvalue weighted by Gasteiger charge is 2.33. The average Bonchev–Trinajstić information content (AvgIpc) is 3.17. The van der Waals surface area contributed by atoms with Crippen LogP contribution in [-0.2, 0) is 11.3 Å². The maximum Gasteiger partial charge on any atom is 0.242 e. The average molecular weight is 432 g/mol. The molecule has 0 bridgehead atoms. The number of hydrogen-bond acceptors (Lipinski definition) is 8. The number of aliphatic hydroxyl groups is 1. The van der Waals surface area contributed by atoms with Crippen LogP contribution in [-0.4, -0.2) is 59.9 Å². The first-order chi connectivity index (χ1) is 14.5. The first kappa shape index (κ1) is 20.9. The van der Waals surface area contributed by atoms with Crippen LogP contribution < -0.4 is 20.4 Å². The quantitative estimate of drug-likeness (QED) is 0.549. The van der Waals surface area contributed by atoms with Crippen molar-refractivity contribution in [2.24, 2.45) is 5.92 Å². The van der Waals surface area contributed by atoms with E-state index in [0.29, 0.717) is 6.54 Å². The van der Waals surface area contributed by atoms with Crippen LogP contribution in [0.2, 0.25) is 0 Å². The molecule has 4 N–H and O–H groups in total. The summed E-state index contributed by atoms with van der Waals surface area (Å²) in [5, 5.41) is 26.8. The molecule has 2 aliphatic heterocycles. The van der Waals surface area contributed by atoms with Gasteiger partial charge in [-0.3, -0.25) is 10.1 Å². The lowest BCUT2D eigenvalue weighted by molar-refractivity contribution is -0.124. The zero-order valence-corrected chi connectivity index (χ0v) is 18.2. The van der Waals surface area contributed by atoms with Gasteiger partial charge in [0.1, 0.15) is 6.04 Å². The van der Waals surface area contributed by atoms with Gasteiger partial charge in [-0.1, -0.05) is 13.8 Å². The molecule has 1 saturated heterocycles. The van der Waals surface area contributed by atoms with Crippen LogP contribution in [0, 0.1) is 5.92 Å². The molecular weight excluding hydrogens is 402 g/mol. The van der Waals surface area contributed by atoms with Gasteiger partial charge in [0.05, 0.1) is 18.2 Å². The van der Waals surface area contributed by atoms with E-state index in [9.17, 15) is 15.0 Å². The maximum absolute atomic E-state index is 12.5. The number of hydrogen-bond donors (Lipinski definition) is 4. The Morgan fingerprint density at radius 1 is 1.27 bits per heavy atom. The summed E-state index contributed by atoms with van der Waals surface area (Å²) >= 11 is 1.73. The lowest BCUT2D eigenvalue weighted by Crippen LogP contribution is -2.48. The third-order valence-corrected chi connectivity index (χ3v) is 7.10. The topological polar surface area (TPSA) is 101 Å². The van der Waals surface area contributed by atoms with E-state index in [1.54, 1.807) is 23.6 Å². The maximum atomic E-state index is 12.5. The number of aromatic hydroxyl groups is 1. The predicted octanol–water partition coefficient (Wildman–Crippen LogP) is 1.45. The van der Waals surface area contributed by atoms with Crippen molar-refractivity contribution in [2.75, 3.05) is 42.6 Å². The SMILES string of the molecule is CC(C)[C@H](CO)NC1C(=O)NCc2sc(N3CCN(c4ccnc(O)c4)CC3)cc21. The Balaban J connectivity index is 1.47. The first-order valence-electron chi connectivity index (χ1n) is 10.4. The summed E-state index contributed by atoms with van der Waals surface area (Å²) in [5.74, 6) is 0.236. The van der Waals surface area contributed by atoms with Crippen LogP contribution in [0.15, 0.2) is 24.4 Å². The third kappa shape index (κ3) is 4.23. The van der Waals surface area contributed by atoms with Crippen molar-refractivity contribution < 1.29 is 15.0 Å². The number of fused-ring (bicyclic) bond motifs is 1. The number of thiophene rings is 1. The lowest BCUT2D eigenvalue weighted by atomic mass is 9.98. The second kappa shape index (κ2) is 8.79. The van der Waals surface area contributed by atoms with Gasteiger partial charge in [-0.05, 0) is 23.6 Å². The van der Waals surface area contributed by atoms with Gasteiger partial charge in [0.25, 0.3) is 0 Å². The molecule has 0 spiro atoms. The van der Waals surface area contributed by atoms with Crippen molar-refractivity contribution in [3.63, 3.8) is 0 Å². The van der Waals surface area contributed by atoms with E-state index < -0.39 is 6.04 Å². The smallest absolute Gasteiger partial charge is 0.242 e. The van der Waals surface area contributed by atoms with Crippen molar-refractivity contribution >= 4 is 27.9 Å². The van der Waals surface area contributed by atoms with E-state index in [0.717, 1.165) is 37.4 Å². The standard InChI is InChI=1S/C21H29N5O3S/c1-13(2)16(12-27)24-20-15-10-19(30-17(15)11-23-21(20)29)26-7-5-25(6-8-26)14-3-4-22-18(28)9-14/h3-4,9-10,13,16,20,24,27H,5-8,11-12H2,1-2H3,(H,22,28)(H,23,29)/t16-,20?/m0/s1. The molecule has 4 rings (SSSR count). The molecule has 30 heavy (non-hydrogen) atoms. The normalized spacial score (nSPS) is 20.3. The lowest BCUT2D eigenvalue weighted by Gasteiger charge is -2.36. The van der Waals surface area contributed by atoms with Gasteiger partial charge in [-0.25, -0.2) is 4.98 Å². The van der Waals surface area contributed by atoms with Crippen LogP contribution in [0.3, 0.4) is 0 Å². The number of amides is 1. The molecule has 2 aliphatic rings. The molecule has 2 aromatic rings. The van der Waals surface area contributed by atoms with Crippen molar-refractivity contribution in [3.05, 3.63) is 34.8 Å². The molecule has 4 heterocycles. The van der Waals surface area contributed by atoms with E-state index in [2.05, 4.69) is 31.5 Å². The van der Waals surface area contributed by atoms with E-state index in [4.69, 9.17) is 0 Å². The van der Waals surface area contributed by atoms with Crippen molar-refractivity contribution in [1.82, 2.24) is 15.6 Å². The largest absolute Gasteiger partial charge is 0.493 e. The Hall–Kier alpha value is -2.36. The fraction of sp³-hybridized carbons (Fsp3) is 0.524. The molecule has 0 aromatic carbocycles. The van der Waals surface area contributed by atoms with E-state index in [-0.39, 0.29) is 30.4 Å². The second-order valence-corrected chi connectivity index (χ2v) is 9.28. The van der Waals surface area contributed by atoms with Crippen LogP contribution in [0.25, 0.3) is 0 Å². The number of carbonyl (C=O) groups excluding carboxylic acids is 1. The minimum Gasteiger partial charge on any atom is -0.493 e. The fourth-order valence-corrected chi connectivity index (χ4v) is 5.19. The number of anilines is 2. The monoisotopic (exact) mass is 431 g/mol. The van der Waals surface area contributed by atoms with Crippen LogP contribution in [0.1, 0.15) is 30.3 Å². The summed E-state index contributed by atoms with van der Waals surface area (Å²) in [7, 11) is 0. The minimum atomic E-state index is -0.431. The Bertz CT molecular complexity index is 895. The fourth-order valence-electron chi connectivity index (χ4n) is 4.00. The van der Waals surface area contributed by atoms with Gasteiger partial charge >= 0.3 is 0 Å². The van der Waals surface area contributed by atoms with Crippen molar-refractivity contribution in [2.45, 2.75) is 32.5 Å². The number of aliphatic hydroxyl groups excluding tert-OH is 1. The minimum absolute atomic E-state index is 0.000292. The molecule has 162 valence electrons. The second-order valence-electron chi connectivity index (χ2n) is 8.16. The number of aromatic nitrogens is 1. The first-order valence-corrected chi connectivity index (χ1v) is 11.2. The van der Waals surface area contributed by atoms with Gasteiger partial charge in [-0.15, -0.1) is 11.3 Å². The van der Waals surface area contributed by atoms with E-state index >= 15 is 0 Å². The van der Waals surface area contributed by atoms with Gasteiger partial charge in [0.2, 0.25) is 11.8 Å². The highest BCUT2D eigenvalue weighted by Crippen LogP contribution is 2.37. The Morgan fingerprint density at radius 3 is 2.67 bits per heavy atom. The van der Waals surface area contributed by atoms with Gasteiger partial charge in [0.15, 0.2) is 0 Å². The predicted molar refractivity (Wildman–Crippen MR) is 118 cm³/mol. The highest BCUT2D eigenvalue weighted by molar-refractivity contribution is 7.16. The Labute approximate surface area is 180 Å². The van der Waals surface area contributed by atoms with Crippen LogP contribution in [0.4, 0.5) is 10.7 Å². The molecule has 1 fully saturated rings. The van der Waals surface area contributed by atoms with E-state index in [1.165, 1.54) is 9.88 Å². The highest BCUT2D eigenvalue weighted by atomic mass is 32.1. The van der Waals surface area contributed by atoms with Crippen LogP contribution in [0.5, 0.6) is 5.88 Å². The number of piperazine rings is 1. The summed E-state index contributed by atoms with van der Waals surface area (Å²) < 4.78 is 0. The molecule has 1 unspecified atom stereocenters. The molecule has 8 nitrogen and oxygen atoms in total. The molecular formula is C21H29N5O3S. The Morgan fingerprint density at radius 2 is 2.00 bits per heavy atom. The summed E-state index contributed by atoms with van der Waals surface area (Å²) in [6, 6.07) is 5.19. The van der Waals surface area contributed by atoms with Gasteiger partial charge in [0, 0.05) is 55.0 Å².